The van der Waals surface area contributed by atoms with Crippen LogP contribution in [0.5, 0.6) is 0 Å². The first kappa shape index (κ1) is 8.09. The lowest BCUT2D eigenvalue weighted by molar-refractivity contribution is -0.147. The van der Waals surface area contributed by atoms with Gasteiger partial charge >= 0.3 is 0 Å². The second-order valence-corrected chi connectivity index (χ2v) is 2.86. The second-order valence-electron chi connectivity index (χ2n) is 2.86. The SMILES string of the molecule is C#CC(C)(O)C(=O)N1CCC1. The molecule has 3 nitrogen and oxygen atoms in total. The van der Waals surface area contributed by atoms with Crippen LogP contribution in [0.3, 0.4) is 0 Å². The summed E-state index contributed by atoms with van der Waals surface area (Å²) in [5.74, 6) is 1.70. The molecule has 1 atom stereocenters. The molecule has 3 heteroatoms. The van der Waals surface area contributed by atoms with Crippen LogP contribution in [0.15, 0.2) is 0 Å². The van der Waals surface area contributed by atoms with Crippen LogP contribution in [0.1, 0.15) is 13.3 Å². The summed E-state index contributed by atoms with van der Waals surface area (Å²) in [7, 11) is 0. The first-order chi connectivity index (χ1) is 5.08. The molecule has 0 spiro atoms. The molecule has 0 aromatic carbocycles. The highest BCUT2D eigenvalue weighted by Crippen LogP contribution is 2.13. The fourth-order valence-electron chi connectivity index (χ4n) is 0.889. The normalized spacial score (nSPS) is 21.4. The molecule has 11 heavy (non-hydrogen) atoms. The van der Waals surface area contributed by atoms with E-state index < -0.39 is 5.60 Å². The first-order valence-electron chi connectivity index (χ1n) is 3.57. The van der Waals surface area contributed by atoms with Gasteiger partial charge in [-0.3, -0.25) is 4.79 Å². The van der Waals surface area contributed by atoms with Crippen LogP contribution in [-0.2, 0) is 4.79 Å². The van der Waals surface area contributed by atoms with Crippen molar-refractivity contribution in [2.75, 3.05) is 13.1 Å². The fourth-order valence-corrected chi connectivity index (χ4v) is 0.889. The van der Waals surface area contributed by atoms with Crippen molar-refractivity contribution in [3.8, 4) is 12.3 Å². The summed E-state index contributed by atoms with van der Waals surface area (Å²) in [4.78, 5) is 12.8. The van der Waals surface area contributed by atoms with E-state index in [-0.39, 0.29) is 5.91 Å². The third kappa shape index (κ3) is 1.36. The number of likely N-dealkylation sites (tertiary alicyclic amines) is 1. The Balaban J connectivity index is 2.60. The molecule has 1 rings (SSSR count). The van der Waals surface area contributed by atoms with Crippen molar-refractivity contribution in [3.63, 3.8) is 0 Å². The zero-order valence-electron chi connectivity index (χ0n) is 6.50. The maximum atomic E-state index is 11.2. The van der Waals surface area contributed by atoms with Gasteiger partial charge in [0, 0.05) is 13.1 Å². The number of aliphatic hydroxyl groups is 1. The van der Waals surface area contributed by atoms with Gasteiger partial charge in [0.05, 0.1) is 0 Å². The van der Waals surface area contributed by atoms with E-state index >= 15 is 0 Å². The largest absolute Gasteiger partial charge is 0.370 e. The standard InChI is InChI=1S/C8H11NO2/c1-3-8(2,11)7(10)9-5-4-6-9/h1,11H,4-6H2,2H3. The Kier molecular flexibility index (Phi) is 1.88. The lowest BCUT2D eigenvalue weighted by Gasteiger charge is -2.34. The van der Waals surface area contributed by atoms with Gasteiger partial charge in [0.25, 0.3) is 5.91 Å². The quantitative estimate of drug-likeness (QED) is 0.521. The lowest BCUT2D eigenvalue weighted by Crippen LogP contribution is -2.52. The van der Waals surface area contributed by atoms with E-state index in [2.05, 4.69) is 5.92 Å². The average molecular weight is 153 g/mol. The monoisotopic (exact) mass is 153 g/mol. The molecule has 1 aliphatic heterocycles. The Labute approximate surface area is 66.0 Å². The van der Waals surface area contributed by atoms with Crippen molar-refractivity contribution in [2.45, 2.75) is 18.9 Å². The number of carbonyl (C=O) groups is 1. The van der Waals surface area contributed by atoms with Crippen molar-refractivity contribution in [2.24, 2.45) is 0 Å². The Bertz CT molecular complexity index is 211. The molecule has 1 N–H and O–H groups in total. The van der Waals surface area contributed by atoms with Gasteiger partial charge in [0.2, 0.25) is 5.60 Å². The van der Waals surface area contributed by atoms with E-state index in [0.717, 1.165) is 19.5 Å². The van der Waals surface area contributed by atoms with Gasteiger partial charge in [0.15, 0.2) is 0 Å². The van der Waals surface area contributed by atoms with Gasteiger partial charge in [0.1, 0.15) is 0 Å². The minimum absolute atomic E-state index is 0.355. The molecule has 60 valence electrons. The van der Waals surface area contributed by atoms with Crippen LogP contribution in [0.25, 0.3) is 0 Å². The van der Waals surface area contributed by atoms with Crippen LogP contribution in [0.2, 0.25) is 0 Å². The Morgan fingerprint density at radius 3 is 2.55 bits per heavy atom. The molecule has 0 aromatic rings. The van der Waals surface area contributed by atoms with Crippen LogP contribution in [0, 0.1) is 12.3 Å². The molecule has 0 aromatic heterocycles. The summed E-state index contributed by atoms with van der Waals surface area (Å²) in [5.41, 5.74) is -1.61. The van der Waals surface area contributed by atoms with Gasteiger partial charge in [-0.05, 0) is 13.3 Å². The van der Waals surface area contributed by atoms with Gasteiger partial charge in [-0.1, -0.05) is 5.92 Å². The predicted octanol–water partition coefficient (Wildman–Crippen LogP) is -0.397. The van der Waals surface area contributed by atoms with Gasteiger partial charge in [-0.2, -0.15) is 0 Å². The van der Waals surface area contributed by atoms with Gasteiger partial charge < -0.3 is 10.0 Å². The minimum Gasteiger partial charge on any atom is -0.370 e. The maximum Gasteiger partial charge on any atom is 0.266 e. The van der Waals surface area contributed by atoms with Crippen LogP contribution < -0.4 is 0 Å². The highest BCUT2D eigenvalue weighted by Gasteiger charge is 2.34. The zero-order valence-corrected chi connectivity index (χ0v) is 6.50. The van der Waals surface area contributed by atoms with Crippen LogP contribution >= 0.6 is 0 Å². The lowest BCUT2D eigenvalue weighted by atomic mass is 10.0. The Morgan fingerprint density at radius 2 is 2.27 bits per heavy atom. The Hall–Kier alpha value is -1.01. The van der Waals surface area contributed by atoms with Crippen molar-refractivity contribution >= 4 is 5.91 Å². The molecular formula is C8H11NO2. The summed E-state index contributed by atoms with van der Waals surface area (Å²) in [6, 6.07) is 0. The molecule has 1 amide bonds. The molecule has 1 unspecified atom stereocenters. The molecule has 1 saturated heterocycles. The summed E-state index contributed by atoms with van der Waals surface area (Å²) in [6.07, 6.45) is 5.98. The molecule has 1 aliphatic rings. The molecule has 0 bridgehead atoms. The third-order valence-electron chi connectivity index (χ3n) is 1.84. The number of nitrogens with zero attached hydrogens (tertiary/aromatic N) is 1. The molecular weight excluding hydrogens is 142 g/mol. The van der Waals surface area contributed by atoms with Crippen molar-refractivity contribution in [3.05, 3.63) is 0 Å². The summed E-state index contributed by atoms with van der Waals surface area (Å²) in [6.45, 7) is 2.78. The zero-order chi connectivity index (χ0) is 8.48. The predicted molar refractivity (Wildman–Crippen MR) is 40.7 cm³/mol. The minimum atomic E-state index is -1.61. The summed E-state index contributed by atoms with van der Waals surface area (Å²) >= 11 is 0. The second kappa shape index (κ2) is 2.55. The van der Waals surface area contributed by atoms with E-state index in [9.17, 15) is 9.90 Å². The van der Waals surface area contributed by atoms with E-state index in [1.54, 1.807) is 4.90 Å². The number of carbonyl (C=O) groups excluding carboxylic acids is 1. The maximum absolute atomic E-state index is 11.2. The van der Waals surface area contributed by atoms with E-state index in [1.807, 2.05) is 0 Å². The number of terminal acetylenes is 1. The number of amides is 1. The van der Waals surface area contributed by atoms with Crippen LogP contribution in [0.4, 0.5) is 0 Å². The highest BCUT2D eigenvalue weighted by molar-refractivity contribution is 5.88. The summed E-state index contributed by atoms with van der Waals surface area (Å²) in [5, 5.41) is 9.30. The third-order valence-corrected chi connectivity index (χ3v) is 1.84. The molecule has 0 saturated carbocycles. The fraction of sp³-hybridized carbons (Fsp3) is 0.625. The first-order valence-corrected chi connectivity index (χ1v) is 3.57. The molecule has 1 fully saturated rings. The summed E-state index contributed by atoms with van der Waals surface area (Å²) < 4.78 is 0. The van der Waals surface area contributed by atoms with Crippen molar-refractivity contribution in [1.82, 2.24) is 4.90 Å². The van der Waals surface area contributed by atoms with Crippen molar-refractivity contribution < 1.29 is 9.90 Å². The van der Waals surface area contributed by atoms with Crippen molar-refractivity contribution in [1.29, 1.82) is 0 Å². The highest BCUT2D eigenvalue weighted by atomic mass is 16.3. The number of hydrogen-bond acceptors (Lipinski definition) is 2. The van der Waals surface area contributed by atoms with Crippen LogP contribution in [-0.4, -0.2) is 34.6 Å². The number of hydrogen-bond donors (Lipinski definition) is 1. The van der Waals surface area contributed by atoms with E-state index in [4.69, 9.17) is 6.42 Å². The smallest absolute Gasteiger partial charge is 0.266 e. The van der Waals surface area contributed by atoms with Gasteiger partial charge in [-0.25, -0.2) is 0 Å². The average Bonchev–Trinajstić information content (AvgIpc) is 1.84. The molecule has 0 aliphatic carbocycles. The number of rotatable bonds is 1. The van der Waals surface area contributed by atoms with E-state index in [1.165, 1.54) is 6.92 Å². The Morgan fingerprint density at radius 1 is 1.73 bits per heavy atom. The molecule has 1 heterocycles. The van der Waals surface area contributed by atoms with E-state index in [0.29, 0.717) is 0 Å². The topological polar surface area (TPSA) is 40.5 Å². The van der Waals surface area contributed by atoms with Gasteiger partial charge in [-0.15, -0.1) is 6.42 Å². The molecule has 0 radical (unpaired) electrons.